The number of rotatable bonds is 9. The van der Waals surface area contributed by atoms with Crippen molar-refractivity contribution < 1.29 is 4.79 Å². The molecule has 0 atom stereocenters. The van der Waals surface area contributed by atoms with Crippen LogP contribution in [-0.4, -0.2) is 28.5 Å². The molecule has 0 saturated heterocycles. The first-order valence-corrected chi connectivity index (χ1v) is 13.7. The van der Waals surface area contributed by atoms with Crippen molar-refractivity contribution in [3.8, 4) is 0 Å². The minimum Gasteiger partial charge on any atom is -0.352 e. The smallest absolute Gasteiger partial charge is 0.254 e. The number of nitrogens with zero attached hydrogens (tertiary/aromatic N) is 2. The number of hydrogen-bond donors (Lipinski definition) is 2. The molecule has 2 aliphatic rings. The van der Waals surface area contributed by atoms with E-state index in [-0.39, 0.29) is 11.3 Å². The van der Waals surface area contributed by atoms with E-state index in [1.165, 1.54) is 36.8 Å². The lowest BCUT2D eigenvalue weighted by atomic mass is 9.74. The summed E-state index contributed by atoms with van der Waals surface area (Å²) in [5.41, 5.74) is 3.52. The fraction of sp³-hybridized carbons (Fsp3) is 0.433. The van der Waals surface area contributed by atoms with Crippen molar-refractivity contribution >= 4 is 17.5 Å². The molecule has 2 N–H and O–H groups in total. The minimum atomic E-state index is -0.304. The molecule has 5 nitrogen and oxygen atoms in total. The number of nitrogens with one attached hydrogen (secondary N) is 2. The summed E-state index contributed by atoms with van der Waals surface area (Å²) < 4.78 is 0. The molecule has 2 aromatic carbocycles. The number of amides is 1. The number of carbonyl (C=O) groups is 1. The zero-order chi connectivity index (χ0) is 24.8. The highest BCUT2D eigenvalue weighted by Crippen LogP contribution is 2.47. The maximum atomic E-state index is 13.5. The van der Waals surface area contributed by atoms with E-state index in [0.717, 1.165) is 48.6 Å². The number of aromatic nitrogens is 2. The Kier molecular flexibility index (Phi) is 7.98. The number of carbonyl (C=O) groups excluding carboxylic acids is 1. The van der Waals surface area contributed by atoms with Crippen LogP contribution in [0.15, 0.2) is 60.8 Å². The largest absolute Gasteiger partial charge is 0.352 e. The van der Waals surface area contributed by atoms with E-state index in [1.807, 2.05) is 30.3 Å². The quantitative estimate of drug-likeness (QED) is 0.377. The lowest BCUT2D eigenvalue weighted by molar-refractivity contribution is 0.0950. The van der Waals surface area contributed by atoms with Crippen LogP contribution >= 0.6 is 11.6 Å². The highest BCUT2D eigenvalue weighted by atomic mass is 35.5. The van der Waals surface area contributed by atoms with Crippen molar-refractivity contribution in [2.24, 2.45) is 0 Å². The molecule has 6 heteroatoms. The summed E-state index contributed by atoms with van der Waals surface area (Å²) in [5, 5.41) is 7.48. The summed E-state index contributed by atoms with van der Waals surface area (Å²) in [6.45, 7) is 1.20. The molecule has 188 valence electrons. The van der Waals surface area contributed by atoms with Crippen molar-refractivity contribution in [1.82, 2.24) is 20.6 Å². The van der Waals surface area contributed by atoms with Gasteiger partial charge in [-0.1, -0.05) is 79.7 Å². The molecule has 5 rings (SSSR count). The molecule has 1 amide bonds. The molecule has 2 aliphatic carbocycles. The van der Waals surface area contributed by atoms with E-state index in [9.17, 15) is 4.79 Å². The highest BCUT2D eigenvalue weighted by Gasteiger charge is 2.41. The van der Waals surface area contributed by atoms with Crippen molar-refractivity contribution in [3.63, 3.8) is 0 Å². The summed E-state index contributed by atoms with van der Waals surface area (Å²) in [6.07, 6.45) is 11.7. The van der Waals surface area contributed by atoms with Gasteiger partial charge in [0.1, 0.15) is 5.82 Å². The molecule has 1 heterocycles. The fourth-order valence-corrected chi connectivity index (χ4v) is 6.00. The Morgan fingerprint density at radius 1 is 0.972 bits per heavy atom. The van der Waals surface area contributed by atoms with Crippen LogP contribution in [0.3, 0.4) is 0 Å². The van der Waals surface area contributed by atoms with Gasteiger partial charge in [-0.05, 0) is 55.4 Å². The maximum absolute atomic E-state index is 13.5. The molecular formula is C30H35ClN4O. The number of halogens is 1. The van der Waals surface area contributed by atoms with Gasteiger partial charge in [0, 0.05) is 29.2 Å². The average Bonchev–Trinajstić information content (AvgIpc) is 3.62. The molecule has 0 spiro atoms. The SMILES string of the molecule is O=C(NCCc1ccccc1)c1cnc(CNC2CCCC2)nc1C1(c2ccc(Cl)cc2)CCCC1. The van der Waals surface area contributed by atoms with Crippen LogP contribution in [0, 0.1) is 0 Å². The molecule has 0 aliphatic heterocycles. The van der Waals surface area contributed by atoms with Gasteiger partial charge in [-0.2, -0.15) is 0 Å². The molecule has 0 unspecified atom stereocenters. The Morgan fingerprint density at radius 3 is 2.42 bits per heavy atom. The van der Waals surface area contributed by atoms with Crippen LogP contribution in [0.4, 0.5) is 0 Å². The summed E-state index contributed by atoms with van der Waals surface area (Å²) in [5.74, 6) is 0.662. The van der Waals surface area contributed by atoms with E-state index in [4.69, 9.17) is 16.6 Å². The monoisotopic (exact) mass is 502 g/mol. The van der Waals surface area contributed by atoms with Gasteiger partial charge < -0.3 is 10.6 Å². The molecule has 3 aromatic rings. The van der Waals surface area contributed by atoms with E-state index in [2.05, 4.69) is 39.9 Å². The first-order valence-electron chi connectivity index (χ1n) is 13.3. The summed E-state index contributed by atoms with van der Waals surface area (Å²) in [4.78, 5) is 23.2. The predicted molar refractivity (Wildman–Crippen MR) is 144 cm³/mol. The Morgan fingerprint density at radius 2 is 1.69 bits per heavy atom. The zero-order valence-electron chi connectivity index (χ0n) is 20.8. The zero-order valence-corrected chi connectivity index (χ0v) is 21.6. The van der Waals surface area contributed by atoms with Crippen LogP contribution in [0.1, 0.15) is 84.4 Å². The molecule has 2 saturated carbocycles. The van der Waals surface area contributed by atoms with Crippen LogP contribution in [0.25, 0.3) is 0 Å². The van der Waals surface area contributed by atoms with Crippen molar-refractivity contribution in [2.75, 3.05) is 6.54 Å². The number of benzene rings is 2. The molecular weight excluding hydrogens is 468 g/mol. The van der Waals surface area contributed by atoms with Gasteiger partial charge in [-0.3, -0.25) is 4.79 Å². The van der Waals surface area contributed by atoms with Gasteiger partial charge in [-0.15, -0.1) is 0 Å². The van der Waals surface area contributed by atoms with Crippen LogP contribution in [0.5, 0.6) is 0 Å². The summed E-state index contributed by atoms with van der Waals surface area (Å²) in [6, 6.07) is 18.9. The van der Waals surface area contributed by atoms with E-state index in [0.29, 0.717) is 24.7 Å². The van der Waals surface area contributed by atoms with Gasteiger partial charge >= 0.3 is 0 Å². The van der Waals surface area contributed by atoms with Crippen LogP contribution < -0.4 is 10.6 Å². The third-order valence-corrected chi connectivity index (χ3v) is 8.09. The Balaban J connectivity index is 1.44. The second kappa shape index (κ2) is 11.5. The second-order valence-electron chi connectivity index (χ2n) is 10.2. The summed E-state index contributed by atoms with van der Waals surface area (Å²) >= 11 is 6.23. The van der Waals surface area contributed by atoms with E-state index < -0.39 is 0 Å². The lowest BCUT2D eigenvalue weighted by Crippen LogP contribution is -2.34. The maximum Gasteiger partial charge on any atom is 0.254 e. The minimum absolute atomic E-state index is 0.100. The molecule has 1 aromatic heterocycles. The molecule has 36 heavy (non-hydrogen) atoms. The molecule has 0 bridgehead atoms. The van der Waals surface area contributed by atoms with Gasteiger partial charge in [0.05, 0.1) is 17.8 Å². The first kappa shape index (κ1) is 24.9. The Bertz CT molecular complexity index is 1150. The second-order valence-corrected chi connectivity index (χ2v) is 10.6. The predicted octanol–water partition coefficient (Wildman–Crippen LogP) is 5.99. The van der Waals surface area contributed by atoms with Crippen molar-refractivity contribution in [2.45, 2.75) is 75.8 Å². The van der Waals surface area contributed by atoms with Gasteiger partial charge in [-0.25, -0.2) is 9.97 Å². The number of hydrogen-bond acceptors (Lipinski definition) is 4. The normalized spacial score (nSPS) is 17.4. The van der Waals surface area contributed by atoms with Gasteiger partial charge in [0.15, 0.2) is 0 Å². The molecule has 0 radical (unpaired) electrons. The highest BCUT2D eigenvalue weighted by molar-refractivity contribution is 6.30. The Labute approximate surface area is 219 Å². The van der Waals surface area contributed by atoms with Crippen LogP contribution in [-0.2, 0) is 18.4 Å². The summed E-state index contributed by atoms with van der Waals surface area (Å²) in [7, 11) is 0. The topological polar surface area (TPSA) is 66.9 Å². The third kappa shape index (κ3) is 5.63. The van der Waals surface area contributed by atoms with Gasteiger partial charge in [0.25, 0.3) is 5.91 Å². The Hall–Kier alpha value is -2.76. The van der Waals surface area contributed by atoms with E-state index >= 15 is 0 Å². The van der Waals surface area contributed by atoms with E-state index in [1.54, 1.807) is 6.20 Å². The third-order valence-electron chi connectivity index (χ3n) is 7.84. The average molecular weight is 503 g/mol. The fourth-order valence-electron chi connectivity index (χ4n) is 5.87. The van der Waals surface area contributed by atoms with Gasteiger partial charge in [0.2, 0.25) is 0 Å². The molecule has 2 fully saturated rings. The van der Waals surface area contributed by atoms with Crippen LogP contribution in [0.2, 0.25) is 5.02 Å². The standard InChI is InChI=1S/C30H35ClN4O/c31-24-14-12-23(13-15-24)30(17-6-7-18-30)28-26(29(36)32-19-16-22-8-2-1-3-9-22)20-34-27(35-28)21-33-25-10-4-5-11-25/h1-3,8-9,12-15,20,25,33H,4-7,10-11,16-19,21H2,(H,32,36). The lowest BCUT2D eigenvalue weighted by Gasteiger charge is -2.31. The first-order chi connectivity index (χ1) is 17.6. The van der Waals surface area contributed by atoms with Crippen molar-refractivity contribution in [1.29, 1.82) is 0 Å². The van der Waals surface area contributed by atoms with Crippen molar-refractivity contribution in [3.05, 3.63) is 94.0 Å².